The first-order chi connectivity index (χ1) is 10.1. The molecule has 0 saturated carbocycles. The second kappa shape index (κ2) is 6.65. The van der Waals surface area contributed by atoms with E-state index >= 15 is 0 Å². The highest BCUT2D eigenvalue weighted by Crippen LogP contribution is 2.31. The number of nitrogens with one attached hydrogen (secondary N) is 1. The Morgan fingerprint density at radius 3 is 2.52 bits per heavy atom. The summed E-state index contributed by atoms with van der Waals surface area (Å²) in [5.74, 6) is -0.143. The summed E-state index contributed by atoms with van der Waals surface area (Å²) in [5.41, 5.74) is 2.10. The summed E-state index contributed by atoms with van der Waals surface area (Å²) in [4.78, 5) is 22.2. The average molecular weight is 284 g/mol. The van der Waals surface area contributed by atoms with Crippen molar-refractivity contribution in [2.75, 3.05) is 5.32 Å². The van der Waals surface area contributed by atoms with Gasteiger partial charge in [-0.1, -0.05) is 37.3 Å². The fourth-order valence-corrected chi connectivity index (χ4v) is 2.06. The van der Waals surface area contributed by atoms with Crippen molar-refractivity contribution in [2.24, 2.45) is 0 Å². The van der Waals surface area contributed by atoms with Gasteiger partial charge in [-0.15, -0.1) is 0 Å². The smallest absolute Gasteiger partial charge is 0.271 e. The molecule has 0 unspecified atom stereocenters. The third kappa shape index (κ3) is 3.66. The number of amides is 1. The van der Waals surface area contributed by atoms with Crippen LogP contribution < -0.4 is 5.32 Å². The zero-order valence-electron chi connectivity index (χ0n) is 11.7. The fraction of sp³-hybridized carbons (Fsp3) is 0.188. The molecule has 0 heterocycles. The topological polar surface area (TPSA) is 72.2 Å². The Kier molecular flexibility index (Phi) is 4.66. The van der Waals surface area contributed by atoms with Crippen molar-refractivity contribution < 1.29 is 9.72 Å². The molecule has 0 bridgehead atoms. The fourth-order valence-electron chi connectivity index (χ4n) is 2.06. The molecule has 0 fully saturated rings. The highest BCUT2D eigenvalue weighted by Gasteiger charge is 2.13. The van der Waals surface area contributed by atoms with Crippen LogP contribution in [0, 0.1) is 10.1 Å². The monoisotopic (exact) mass is 284 g/mol. The lowest BCUT2D eigenvalue weighted by Crippen LogP contribution is -2.11. The van der Waals surface area contributed by atoms with Crippen molar-refractivity contribution in [1.29, 1.82) is 0 Å². The van der Waals surface area contributed by atoms with E-state index in [1.807, 2.05) is 37.3 Å². The lowest BCUT2D eigenvalue weighted by Gasteiger charge is -2.11. The van der Waals surface area contributed by atoms with Crippen molar-refractivity contribution in [3.63, 3.8) is 0 Å². The Hall–Kier alpha value is -2.69. The Bertz CT molecular complexity index is 654. The van der Waals surface area contributed by atoms with E-state index in [2.05, 4.69) is 5.32 Å². The normalized spacial score (nSPS) is 10.1. The maximum Gasteiger partial charge on any atom is 0.271 e. The summed E-state index contributed by atoms with van der Waals surface area (Å²) in [7, 11) is 0. The number of carbonyl (C=O) groups is 1. The largest absolute Gasteiger partial charge is 0.325 e. The lowest BCUT2D eigenvalue weighted by atomic mass is 10.0. The van der Waals surface area contributed by atoms with Gasteiger partial charge in [0.15, 0.2) is 0 Å². The minimum Gasteiger partial charge on any atom is -0.325 e. The third-order valence-corrected chi connectivity index (χ3v) is 3.05. The van der Waals surface area contributed by atoms with Crippen molar-refractivity contribution in [3.8, 4) is 11.1 Å². The first kappa shape index (κ1) is 14.7. The summed E-state index contributed by atoms with van der Waals surface area (Å²) in [6.45, 7) is 1.91. The second-order valence-electron chi connectivity index (χ2n) is 4.65. The number of nitrogens with zero attached hydrogens (tertiary/aromatic N) is 1. The second-order valence-corrected chi connectivity index (χ2v) is 4.65. The minimum absolute atomic E-state index is 0.0403. The number of hydrogen-bond acceptors (Lipinski definition) is 3. The van der Waals surface area contributed by atoms with Crippen LogP contribution in [0.25, 0.3) is 11.1 Å². The van der Waals surface area contributed by atoms with E-state index in [9.17, 15) is 14.9 Å². The molecule has 2 rings (SSSR count). The average Bonchev–Trinajstić information content (AvgIpc) is 2.48. The molecular weight excluding hydrogens is 268 g/mol. The van der Waals surface area contributed by atoms with Gasteiger partial charge in [0, 0.05) is 24.1 Å². The summed E-state index contributed by atoms with van der Waals surface area (Å²) in [5, 5.41) is 13.7. The van der Waals surface area contributed by atoms with Crippen LogP contribution in [0.2, 0.25) is 0 Å². The summed E-state index contributed by atoms with van der Waals surface area (Å²) in [6.07, 6.45) is 1.11. The SMILES string of the molecule is CCCC(=O)Nc1cc([N+](=O)[O-])ccc1-c1ccccc1. The molecule has 0 aromatic heterocycles. The number of anilines is 1. The van der Waals surface area contributed by atoms with Gasteiger partial charge in [-0.05, 0) is 18.1 Å². The summed E-state index contributed by atoms with van der Waals surface area (Å²) in [6, 6.07) is 14.0. The molecule has 21 heavy (non-hydrogen) atoms. The van der Waals surface area contributed by atoms with Gasteiger partial charge >= 0.3 is 0 Å². The van der Waals surface area contributed by atoms with E-state index in [0.717, 1.165) is 17.5 Å². The maximum atomic E-state index is 11.8. The number of nitro groups is 1. The van der Waals surface area contributed by atoms with E-state index in [0.29, 0.717) is 12.1 Å². The highest BCUT2D eigenvalue weighted by atomic mass is 16.6. The molecule has 5 nitrogen and oxygen atoms in total. The van der Waals surface area contributed by atoms with Gasteiger partial charge in [-0.25, -0.2) is 0 Å². The first-order valence-electron chi connectivity index (χ1n) is 6.75. The number of non-ortho nitro benzene ring substituents is 1. The first-order valence-corrected chi connectivity index (χ1v) is 6.75. The van der Waals surface area contributed by atoms with Gasteiger partial charge in [-0.2, -0.15) is 0 Å². The van der Waals surface area contributed by atoms with Gasteiger partial charge < -0.3 is 5.32 Å². The molecule has 1 N–H and O–H groups in total. The standard InChI is InChI=1S/C16H16N2O3/c1-2-6-16(19)17-15-11-13(18(20)21)9-10-14(15)12-7-4-3-5-8-12/h3-5,7-11H,2,6H2,1H3,(H,17,19). The van der Waals surface area contributed by atoms with Gasteiger partial charge in [0.2, 0.25) is 5.91 Å². The Morgan fingerprint density at radius 2 is 1.90 bits per heavy atom. The van der Waals surface area contributed by atoms with Crippen LogP contribution in [-0.4, -0.2) is 10.8 Å². The van der Waals surface area contributed by atoms with Crippen LogP contribution in [0.1, 0.15) is 19.8 Å². The molecule has 108 valence electrons. The number of nitro benzene ring substituents is 1. The van der Waals surface area contributed by atoms with Crippen LogP contribution in [0.4, 0.5) is 11.4 Å². The number of carbonyl (C=O) groups excluding carboxylic acids is 1. The number of hydrogen-bond donors (Lipinski definition) is 1. The van der Waals surface area contributed by atoms with Crippen LogP contribution in [0.15, 0.2) is 48.5 Å². The minimum atomic E-state index is -0.468. The molecule has 0 spiro atoms. The number of benzene rings is 2. The lowest BCUT2D eigenvalue weighted by molar-refractivity contribution is -0.384. The van der Waals surface area contributed by atoms with Crippen molar-refractivity contribution in [3.05, 3.63) is 58.6 Å². The van der Waals surface area contributed by atoms with E-state index in [4.69, 9.17) is 0 Å². The van der Waals surface area contributed by atoms with Crippen molar-refractivity contribution >= 4 is 17.3 Å². The van der Waals surface area contributed by atoms with Crippen molar-refractivity contribution in [1.82, 2.24) is 0 Å². The van der Waals surface area contributed by atoms with Crippen LogP contribution in [0.5, 0.6) is 0 Å². The molecule has 0 aliphatic rings. The molecule has 1 amide bonds. The molecule has 0 aliphatic heterocycles. The number of rotatable bonds is 5. The quantitative estimate of drug-likeness (QED) is 0.666. The highest BCUT2D eigenvalue weighted by molar-refractivity contribution is 5.96. The third-order valence-electron chi connectivity index (χ3n) is 3.05. The maximum absolute atomic E-state index is 11.8. The van der Waals surface area contributed by atoms with E-state index in [1.165, 1.54) is 12.1 Å². The van der Waals surface area contributed by atoms with Gasteiger partial charge in [0.1, 0.15) is 0 Å². The molecule has 0 aliphatic carbocycles. The zero-order valence-corrected chi connectivity index (χ0v) is 11.7. The Balaban J connectivity index is 2.44. The molecule has 0 radical (unpaired) electrons. The predicted molar refractivity (Wildman–Crippen MR) is 82.1 cm³/mol. The summed E-state index contributed by atoms with van der Waals surface area (Å²) < 4.78 is 0. The van der Waals surface area contributed by atoms with E-state index in [-0.39, 0.29) is 11.6 Å². The zero-order chi connectivity index (χ0) is 15.2. The van der Waals surface area contributed by atoms with E-state index in [1.54, 1.807) is 6.07 Å². The Morgan fingerprint density at radius 1 is 1.19 bits per heavy atom. The molecule has 5 heteroatoms. The van der Waals surface area contributed by atoms with Gasteiger partial charge in [-0.3, -0.25) is 14.9 Å². The molecule has 2 aromatic rings. The van der Waals surface area contributed by atoms with Gasteiger partial charge in [0.25, 0.3) is 5.69 Å². The van der Waals surface area contributed by atoms with Crippen LogP contribution in [-0.2, 0) is 4.79 Å². The van der Waals surface area contributed by atoms with Crippen LogP contribution >= 0.6 is 0 Å². The molecule has 2 aromatic carbocycles. The predicted octanol–water partition coefficient (Wildman–Crippen LogP) is 4.00. The van der Waals surface area contributed by atoms with Crippen molar-refractivity contribution in [2.45, 2.75) is 19.8 Å². The molecular formula is C16H16N2O3. The van der Waals surface area contributed by atoms with Crippen LogP contribution in [0.3, 0.4) is 0 Å². The van der Waals surface area contributed by atoms with Gasteiger partial charge in [0.05, 0.1) is 10.6 Å². The molecule has 0 atom stereocenters. The van der Waals surface area contributed by atoms with E-state index < -0.39 is 4.92 Å². The molecule has 0 saturated heterocycles. The summed E-state index contributed by atoms with van der Waals surface area (Å²) >= 11 is 0. The Labute approximate surface area is 122 Å².